The maximum Gasteiger partial charge on any atom is 0.255 e. The molecule has 0 heterocycles. The molecule has 3 aromatic carbocycles. The van der Waals surface area contributed by atoms with Gasteiger partial charge in [-0.3, -0.25) is 4.79 Å². The van der Waals surface area contributed by atoms with E-state index in [2.05, 4.69) is 17.1 Å². The molecule has 34 heavy (non-hydrogen) atoms. The first-order valence-corrected chi connectivity index (χ1v) is 12.2. The molecule has 1 amide bonds. The van der Waals surface area contributed by atoms with Crippen molar-refractivity contribution in [1.82, 2.24) is 9.73 Å². The highest BCUT2D eigenvalue weighted by Gasteiger charge is 2.27. The van der Waals surface area contributed by atoms with Crippen molar-refractivity contribution >= 4 is 33.7 Å². The smallest absolute Gasteiger partial charge is 0.255 e. The maximum absolute atomic E-state index is 13.2. The molecule has 0 aliphatic heterocycles. The van der Waals surface area contributed by atoms with E-state index >= 15 is 0 Å². The van der Waals surface area contributed by atoms with Gasteiger partial charge in [0.05, 0.1) is 17.7 Å². The van der Waals surface area contributed by atoms with Gasteiger partial charge in [0.2, 0.25) is 10.0 Å². The minimum atomic E-state index is -3.96. The molecule has 0 aromatic heterocycles. The number of hydrogen-bond acceptors (Lipinski definition) is 5. The molecule has 0 unspecified atom stereocenters. The van der Waals surface area contributed by atoms with E-state index in [9.17, 15) is 13.2 Å². The lowest BCUT2D eigenvalue weighted by Crippen LogP contribution is -2.39. The first-order chi connectivity index (χ1) is 16.4. The lowest BCUT2D eigenvalue weighted by atomic mass is 10.2. The Kier molecular flexibility index (Phi) is 8.98. The summed E-state index contributed by atoms with van der Waals surface area (Å²) in [5.41, 5.74) is 3.87. The number of ether oxygens (including phenoxy) is 1. The van der Waals surface area contributed by atoms with Gasteiger partial charge < -0.3 is 4.74 Å². The van der Waals surface area contributed by atoms with Crippen molar-refractivity contribution in [3.8, 4) is 5.75 Å². The average molecular weight is 498 g/mol. The number of hydrogen-bond donors (Lipinski definition) is 1. The first-order valence-electron chi connectivity index (χ1n) is 10.3. The normalized spacial score (nSPS) is 11.5. The number of carbonyl (C=O) groups is 1. The predicted octanol–water partition coefficient (Wildman–Crippen LogP) is 4.25. The van der Waals surface area contributed by atoms with Crippen LogP contribution in [0.2, 0.25) is 5.02 Å². The van der Waals surface area contributed by atoms with Crippen LogP contribution in [0.4, 0.5) is 0 Å². The summed E-state index contributed by atoms with van der Waals surface area (Å²) in [6.45, 7) is 3.61. The van der Waals surface area contributed by atoms with E-state index in [4.69, 9.17) is 16.3 Å². The second kappa shape index (κ2) is 12.1. The van der Waals surface area contributed by atoms with Crippen LogP contribution in [0.3, 0.4) is 0 Å². The summed E-state index contributed by atoms with van der Waals surface area (Å²) < 4.78 is 33.0. The predicted molar refractivity (Wildman–Crippen MR) is 133 cm³/mol. The summed E-state index contributed by atoms with van der Waals surface area (Å²) in [6, 6.07) is 21.9. The monoisotopic (exact) mass is 497 g/mol. The molecule has 0 saturated carbocycles. The number of sulfonamides is 1. The van der Waals surface area contributed by atoms with Gasteiger partial charge in [-0.25, -0.2) is 13.8 Å². The van der Waals surface area contributed by atoms with Gasteiger partial charge in [-0.2, -0.15) is 9.41 Å². The van der Waals surface area contributed by atoms with Crippen molar-refractivity contribution in [3.63, 3.8) is 0 Å². The Morgan fingerprint density at radius 2 is 1.71 bits per heavy atom. The van der Waals surface area contributed by atoms with E-state index in [1.807, 2.05) is 6.07 Å². The average Bonchev–Trinajstić information content (AvgIpc) is 2.84. The molecule has 176 valence electrons. The van der Waals surface area contributed by atoms with E-state index in [1.54, 1.807) is 54.6 Å². The Morgan fingerprint density at radius 1 is 1.03 bits per heavy atom. The van der Waals surface area contributed by atoms with Gasteiger partial charge in [0.15, 0.2) is 0 Å². The summed E-state index contributed by atoms with van der Waals surface area (Å²) >= 11 is 5.89. The fourth-order valence-electron chi connectivity index (χ4n) is 2.95. The van der Waals surface area contributed by atoms with Crippen LogP contribution < -0.4 is 10.2 Å². The van der Waals surface area contributed by atoms with Crippen molar-refractivity contribution in [3.05, 3.63) is 108 Å². The van der Waals surface area contributed by atoms with E-state index in [-0.39, 0.29) is 11.4 Å². The molecule has 1 N–H and O–H groups in total. The third-order valence-corrected chi connectivity index (χ3v) is 6.68. The zero-order chi connectivity index (χ0) is 24.4. The van der Waals surface area contributed by atoms with E-state index in [0.717, 1.165) is 15.4 Å². The quantitative estimate of drug-likeness (QED) is 0.244. The molecule has 0 radical (unpaired) electrons. The number of nitrogens with one attached hydrogen (secondary N) is 1. The number of rotatable bonds is 11. The molecule has 3 rings (SSSR count). The summed E-state index contributed by atoms with van der Waals surface area (Å²) in [6.07, 6.45) is 3.11. The van der Waals surface area contributed by atoms with Gasteiger partial charge >= 0.3 is 0 Å². The molecular formula is C25H24ClN3O4S. The van der Waals surface area contributed by atoms with Crippen molar-refractivity contribution in [1.29, 1.82) is 0 Å². The fraction of sp³-hybridized carbons (Fsp3) is 0.120. The van der Waals surface area contributed by atoms with Gasteiger partial charge in [-0.1, -0.05) is 54.6 Å². The van der Waals surface area contributed by atoms with Gasteiger partial charge in [0.1, 0.15) is 12.4 Å². The third kappa shape index (κ3) is 7.28. The lowest BCUT2D eigenvalue weighted by Gasteiger charge is -2.21. The Labute approximate surface area is 204 Å². The Balaban J connectivity index is 1.70. The van der Waals surface area contributed by atoms with E-state index in [0.29, 0.717) is 17.4 Å². The van der Waals surface area contributed by atoms with E-state index in [1.165, 1.54) is 30.5 Å². The zero-order valence-electron chi connectivity index (χ0n) is 18.3. The van der Waals surface area contributed by atoms with Gasteiger partial charge in [0.25, 0.3) is 5.91 Å². The van der Waals surface area contributed by atoms with Crippen LogP contribution >= 0.6 is 11.6 Å². The molecule has 0 atom stereocenters. The van der Waals surface area contributed by atoms with Crippen LogP contribution in [-0.2, 0) is 21.4 Å². The Bertz CT molecular complexity index is 1230. The van der Waals surface area contributed by atoms with E-state index < -0.39 is 22.5 Å². The van der Waals surface area contributed by atoms with Crippen LogP contribution in [-0.4, -0.2) is 38.0 Å². The molecule has 0 aliphatic carbocycles. The maximum atomic E-state index is 13.2. The molecule has 3 aromatic rings. The largest absolute Gasteiger partial charge is 0.490 e. The summed E-state index contributed by atoms with van der Waals surface area (Å²) in [4.78, 5) is 12.6. The second-order valence-corrected chi connectivity index (χ2v) is 9.55. The highest BCUT2D eigenvalue weighted by atomic mass is 35.5. The number of amides is 1. The summed E-state index contributed by atoms with van der Waals surface area (Å²) in [5, 5.41) is 4.36. The molecule has 0 saturated heterocycles. The lowest BCUT2D eigenvalue weighted by molar-refractivity contribution is -0.121. The van der Waals surface area contributed by atoms with Gasteiger partial charge in [-0.15, -0.1) is 0 Å². The number of carbonyl (C=O) groups excluding carboxylic acids is 1. The number of nitrogens with zero attached hydrogens (tertiary/aromatic N) is 2. The highest BCUT2D eigenvalue weighted by Crippen LogP contribution is 2.20. The topological polar surface area (TPSA) is 88.1 Å². The molecular weight excluding hydrogens is 474 g/mol. The highest BCUT2D eigenvalue weighted by molar-refractivity contribution is 7.89. The first kappa shape index (κ1) is 25.2. The molecule has 9 heteroatoms. The number of benzene rings is 3. The third-order valence-electron chi connectivity index (χ3n) is 4.62. The Hall–Kier alpha value is -3.46. The number of hydrazone groups is 1. The molecule has 0 aliphatic rings. The van der Waals surface area contributed by atoms with Gasteiger partial charge in [-0.05, 0) is 59.7 Å². The van der Waals surface area contributed by atoms with Crippen LogP contribution in [0, 0.1) is 0 Å². The van der Waals surface area contributed by atoms with Crippen LogP contribution in [0.25, 0.3) is 0 Å². The molecule has 0 spiro atoms. The van der Waals surface area contributed by atoms with Gasteiger partial charge in [0, 0.05) is 11.6 Å². The fourth-order valence-corrected chi connectivity index (χ4v) is 4.46. The minimum Gasteiger partial charge on any atom is -0.490 e. The van der Waals surface area contributed by atoms with Crippen molar-refractivity contribution in [2.45, 2.75) is 11.4 Å². The number of halogens is 1. The standard InChI is InChI=1S/C25H24ClN3O4S/c1-2-16-33-23-12-8-20(9-13-23)17-27-28-25(30)19-29(18-21-6-4-3-5-7-21)34(31,32)24-14-10-22(26)11-15-24/h2-15,17H,1,16,18-19H2,(H,28,30)/b27-17-. The minimum absolute atomic E-state index is 0.0229. The summed E-state index contributed by atoms with van der Waals surface area (Å²) in [5.74, 6) is 0.112. The molecule has 7 nitrogen and oxygen atoms in total. The SMILES string of the molecule is C=CCOc1ccc(/C=N\NC(=O)CN(Cc2ccccc2)S(=O)(=O)c2ccc(Cl)cc2)cc1. The van der Waals surface area contributed by atoms with Crippen molar-refractivity contribution in [2.75, 3.05) is 13.2 Å². The Morgan fingerprint density at radius 3 is 2.35 bits per heavy atom. The molecule has 0 bridgehead atoms. The van der Waals surface area contributed by atoms with Crippen molar-refractivity contribution < 1.29 is 17.9 Å². The summed E-state index contributed by atoms with van der Waals surface area (Å²) in [7, 11) is -3.96. The van der Waals surface area contributed by atoms with Crippen LogP contribution in [0.15, 0.2) is 102 Å². The van der Waals surface area contributed by atoms with Crippen LogP contribution in [0.1, 0.15) is 11.1 Å². The second-order valence-electron chi connectivity index (χ2n) is 7.17. The van der Waals surface area contributed by atoms with Crippen LogP contribution in [0.5, 0.6) is 5.75 Å². The molecule has 0 fully saturated rings. The zero-order valence-corrected chi connectivity index (χ0v) is 19.9. The van der Waals surface area contributed by atoms with Crippen molar-refractivity contribution in [2.24, 2.45) is 5.10 Å².